The lowest BCUT2D eigenvalue weighted by Gasteiger charge is -2.35. The van der Waals surface area contributed by atoms with Crippen LogP contribution in [0.1, 0.15) is 24.8 Å². The number of carbonyl (C=O) groups is 2. The molecule has 6 heteroatoms. The van der Waals surface area contributed by atoms with Crippen LogP contribution in [0.4, 0.5) is 0 Å². The molecule has 1 fully saturated rings. The van der Waals surface area contributed by atoms with Gasteiger partial charge in [0.05, 0.1) is 11.6 Å². The summed E-state index contributed by atoms with van der Waals surface area (Å²) in [7, 11) is 0. The lowest BCUT2D eigenvalue weighted by atomic mass is 10.1. The fourth-order valence-electron chi connectivity index (χ4n) is 3.38. The highest BCUT2D eigenvalue weighted by Gasteiger charge is 2.23. The molecule has 0 unspecified atom stereocenters. The molecule has 1 aliphatic rings. The Morgan fingerprint density at radius 3 is 2.07 bits per heavy atom. The number of rotatable bonds is 8. The molecule has 1 aliphatic heterocycles. The Kier molecular flexibility index (Phi) is 7.94. The number of amides is 2. The normalized spacial score (nSPS) is 14.0. The molecule has 29 heavy (non-hydrogen) atoms. The molecular weight excluding hydrogens is 388 g/mol. The molecule has 1 heterocycles. The van der Waals surface area contributed by atoms with Crippen LogP contribution in [0.25, 0.3) is 0 Å². The number of halogens is 1. The van der Waals surface area contributed by atoms with Gasteiger partial charge >= 0.3 is 0 Å². The number of hydrogen-bond acceptors (Lipinski definition) is 3. The molecule has 0 saturated carbocycles. The first-order chi connectivity index (χ1) is 14.1. The van der Waals surface area contributed by atoms with Gasteiger partial charge in [0.25, 0.3) is 0 Å². The smallest absolute Gasteiger partial charge is 0.223 e. The van der Waals surface area contributed by atoms with Gasteiger partial charge in [0.1, 0.15) is 5.75 Å². The van der Waals surface area contributed by atoms with E-state index in [4.69, 9.17) is 16.3 Å². The number of para-hydroxylation sites is 1. The van der Waals surface area contributed by atoms with E-state index in [0.29, 0.717) is 62.8 Å². The summed E-state index contributed by atoms with van der Waals surface area (Å²) in [5.41, 5.74) is 1.17. The van der Waals surface area contributed by atoms with E-state index in [-0.39, 0.29) is 11.8 Å². The maximum atomic E-state index is 12.4. The van der Waals surface area contributed by atoms with Gasteiger partial charge in [0.15, 0.2) is 0 Å². The van der Waals surface area contributed by atoms with Crippen LogP contribution in [0.15, 0.2) is 54.6 Å². The maximum Gasteiger partial charge on any atom is 0.223 e. The number of aryl methyl sites for hydroxylation is 1. The standard InChI is InChI=1S/C23H27ClN2O3/c24-20-9-4-5-10-21(20)29-18-6-11-22(27)25-14-16-26(17-15-25)23(28)13-12-19-7-2-1-3-8-19/h1-5,7-10H,6,11-18H2. The van der Waals surface area contributed by atoms with Crippen molar-refractivity contribution in [3.8, 4) is 5.75 Å². The lowest BCUT2D eigenvalue weighted by Crippen LogP contribution is -2.50. The predicted molar refractivity (Wildman–Crippen MR) is 114 cm³/mol. The van der Waals surface area contributed by atoms with Gasteiger partial charge in [-0.3, -0.25) is 9.59 Å². The topological polar surface area (TPSA) is 49.9 Å². The summed E-state index contributed by atoms with van der Waals surface area (Å²) < 4.78 is 5.63. The molecule has 2 aromatic rings. The van der Waals surface area contributed by atoms with Crippen molar-refractivity contribution in [2.45, 2.75) is 25.7 Å². The van der Waals surface area contributed by atoms with Crippen LogP contribution in [0.3, 0.4) is 0 Å². The number of piperazine rings is 1. The van der Waals surface area contributed by atoms with Crippen molar-refractivity contribution < 1.29 is 14.3 Å². The Labute approximate surface area is 177 Å². The predicted octanol–water partition coefficient (Wildman–Crippen LogP) is 3.80. The third-order valence-corrected chi connectivity index (χ3v) is 5.40. The van der Waals surface area contributed by atoms with Crippen molar-refractivity contribution in [2.75, 3.05) is 32.8 Å². The lowest BCUT2D eigenvalue weighted by molar-refractivity contribution is -0.139. The highest BCUT2D eigenvalue weighted by molar-refractivity contribution is 6.32. The maximum absolute atomic E-state index is 12.4. The first-order valence-electron chi connectivity index (χ1n) is 10.1. The summed E-state index contributed by atoms with van der Waals surface area (Å²) in [6.07, 6.45) is 2.34. The molecule has 0 bridgehead atoms. The molecule has 2 aromatic carbocycles. The largest absolute Gasteiger partial charge is 0.492 e. The zero-order valence-corrected chi connectivity index (χ0v) is 17.3. The summed E-state index contributed by atoms with van der Waals surface area (Å²) in [6.45, 7) is 2.86. The molecule has 0 radical (unpaired) electrons. The second-order valence-electron chi connectivity index (χ2n) is 7.13. The fraction of sp³-hybridized carbons (Fsp3) is 0.391. The van der Waals surface area contributed by atoms with Gasteiger partial charge < -0.3 is 14.5 Å². The molecular formula is C23H27ClN2O3. The van der Waals surface area contributed by atoms with Crippen molar-refractivity contribution in [1.29, 1.82) is 0 Å². The Hall–Kier alpha value is -2.53. The Bertz CT molecular complexity index is 805. The second kappa shape index (κ2) is 10.9. The SMILES string of the molecule is O=C(CCCOc1ccccc1Cl)N1CCN(C(=O)CCc2ccccc2)CC1. The average Bonchev–Trinajstić information content (AvgIpc) is 2.77. The van der Waals surface area contributed by atoms with Crippen LogP contribution >= 0.6 is 11.6 Å². The third-order valence-electron chi connectivity index (χ3n) is 5.08. The van der Waals surface area contributed by atoms with Crippen LogP contribution < -0.4 is 4.74 Å². The van der Waals surface area contributed by atoms with Crippen molar-refractivity contribution in [3.05, 3.63) is 65.2 Å². The molecule has 0 aromatic heterocycles. The Morgan fingerprint density at radius 1 is 0.828 bits per heavy atom. The van der Waals surface area contributed by atoms with Crippen molar-refractivity contribution >= 4 is 23.4 Å². The zero-order valence-electron chi connectivity index (χ0n) is 16.6. The molecule has 0 spiro atoms. The molecule has 0 aliphatic carbocycles. The molecule has 3 rings (SSSR count). The Morgan fingerprint density at radius 2 is 1.41 bits per heavy atom. The van der Waals surface area contributed by atoms with E-state index in [1.807, 2.05) is 58.3 Å². The van der Waals surface area contributed by atoms with Gasteiger partial charge in [-0.15, -0.1) is 0 Å². The minimum Gasteiger partial charge on any atom is -0.492 e. The third kappa shape index (κ3) is 6.50. The minimum absolute atomic E-state index is 0.115. The average molecular weight is 415 g/mol. The summed E-state index contributed by atoms with van der Waals surface area (Å²) in [5, 5.41) is 0.576. The van der Waals surface area contributed by atoms with Crippen LogP contribution in [0.5, 0.6) is 5.75 Å². The molecule has 5 nitrogen and oxygen atoms in total. The number of benzene rings is 2. The fourth-order valence-corrected chi connectivity index (χ4v) is 3.58. The summed E-state index contributed by atoms with van der Waals surface area (Å²) in [6, 6.07) is 17.4. The molecule has 0 N–H and O–H groups in total. The molecule has 0 atom stereocenters. The Balaban J connectivity index is 1.32. The van der Waals surface area contributed by atoms with Gasteiger partial charge in [0.2, 0.25) is 11.8 Å². The van der Waals surface area contributed by atoms with Gasteiger partial charge in [-0.25, -0.2) is 0 Å². The van der Waals surface area contributed by atoms with Gasteiger partial charge in [0, 0.05) is 39.0 Å². The summed E-state index contributed by atoms with van der Waals surface area (Å²) in [5.74, 6) is 0.919. The van der Waals surface area contributed by atoms with Gasteiger partial charge in [-0.2, -0.15) is 0 Å². The van der Waals surface area contributed by atoms with Crippen molar-refractivity contribution in [3.63, 3.8) is 0 Å². The van der Waals surface area contributed by atoms with Crippen molar-refractivity contribution in [1.82, 2.24) is 9.80 Å². The highest BCUT2D eigenvalue weighted by atomic mass is 35.5. The first kappa shape index (κ1) is 21.2. The number of nitrogens with zero attached hydrogens (tertiary/aromatic N) is 2. The van der Waals surface area contributed by atoms with Gasteiger partial charge in [-0.1, -0.05) is 54.1 Å². The zero-order chi connectivity index (χ0) is 20.5. The molecule has 1 saturated heterocycles. The first-order valence-corrected chi connectivity index (χ1v) is 10.5. The van der Waals surface area contributed by atoms with Crippen LogP contribution in [-0.4, -0.2) is 54.4 Å². The summed E-state index contributed by atoms with van der Waals surface area (Å²) in [4.78, 5) is 28.5. The number of carbonyl (C=O) groups excluding carboxylic acids is 2. The summed E-state index contributed by atoms with van der Waals surface area (Å²) >= 11 is 6.05. The quantitative estimate of drug-likeness (QED) is 0.617. The molecule has 2 amide bonds. The minimum atomic E-state index is 0.115. The van der Waals surface area contributed by atoms with E-state index in [0.717, 1.165) is 6.42 Å². The number of hydrogen-bond donors (Lipinski definition) is 0. The second-order valence-corrected chi connectivity index (χ2v) is 7.54. The van der Waals surface area contributed by atoms with Gasteiger partial charge in [-0.05, 0) is 30.5 Å². The van der Waals surface area contributed by atoms with Crippen LogP contribution in [0.2, 0.25) is 5.02 Å². The number of ether oxygens (including phenoxy) is 1. The van der Waals surface area contributed by atoms with Crippen LogP contribution in [0, 0.1) is 0 Å². The van der Waals surface area contributed by atoms with Crippen LogP contribution in [-0.2, 0) is 16.0 Å². The van der Waals surface area contributed by atoms with Crippen molar-refractivity contribution in [2.24, 2.45) is 0 Å². The van der Waals surface area contributed by atoms with E-state index >= 15 is 0 Å². The monoisotopic (exact) mass is 414 g/mol. The van der Waals surface area contributed by atoms with E-state index in [2.05, 4.69) is 0 Å². The van der Waals surface area contributed by atoms with E-state index < -0.39 is 0 Å². The highest BCUT2D eigenvalue weighted by Crippen LogP contribution is 2.23. The molecule has 154 valence electrons. The van der Waals surface area contributed by atoms with E-state index in [1.165, 1.54) is 5.56 Å². The van der Waals surface area contributed by atoms with E-state index in [1.54, 1.807) is 6.07 Å². The van der Waals surface area contributed by atoms with E-state index in [9.17, 15) is 9.59 Å².